The number of nitrogens with zero attached hydrogens (tertiary/aromatic N) is 1. The highest BCUT2D eigenvalue weighted by Crippen LogP contribution is 2.38. The van der Waals surface area contributed by atoms with Crippen LogP contribution in [0, 0.1) is 0 Å². The van der Waals surface area contributed by atoms with Crippen LogP contribution in [0.4, 0.5) is 8.78 Å². The SMILES string of the molecule is COc1ccc(C2CCCN2C(=O)c2ccc(OC(F)F)c(OC)c2)cc1OC. The van der Waals surface area contributed by atoms with Crippen LogP contribution in [-0.4, -0.2) is 45.3 Å². The summed E-state index contributed by atoms with van der Waals surface area (Å²) in [6, 6.07) is 9.68. The minimum absolute atomic E-state index is 0.0815. The summed E-state index contributed by atoms with van der Waals surface area (Å²) in [5.41, 5.74) is 1.29. The number of rotatable bonds is 7. The summed E-state index contributed by atoms with van der Waals surface area (Å²) in [6.07, 6.45) is 1.67. The smallest absolute Gasteiger partial charge is 0.387 e. The van der Waals surface area contributed by atoms with Gasteiger partial charge < -0.3 is 23.8 Å². The van der Waals surface area contributed by atoms with E-state index in [1.165, 1.54) is 25.3 Å². The fourth-order valence-electron chi connectivity index (χ4n) is 3.58. The lowest BCUT2D eigenvalue weighted by Crippen LogP contribution is -2.30. The van der Waals surface area contributed by atoms with Crippen LogP contribution < -0.4 is 18.9 Å². The molecule has 0 saturated carbocycles. The standard InChI is InChI=1S/C21H23F2NO5/c1-26-16-8-6-13(11-18(16)27-2)15-5-4-10-24(15)20(25)14-7-9-17(29-21(22)23)19(12-14)28-3/h6-9,11-12,15,21H,4-5,10H2,1-3H3. The molecule has 0 bridgehead atoms. The molecule has 1 aliphatic heterocycles. The van der Waals surface area contributed by atoms with Gasteiger partial charge >= 0.3 is 6.61 Å². The topological polar surface area (TPSA) is 57.2 Å². The molecule has 2 aromatic rings. The van der Waals surface area contributed by atoms with Gasteiger partial charge in [-0.15, -0.1) is 0 Å². The zero-order valence-corrected chi connectivity index (χ0v) is 16.5. The Morgan fingerprint density at radius 3 is 2.28 bits per heavy atom. The monoisotopic (exact) mass is 407 g/mol. The van der Waals surface area contributed by atoms with Crippen LogP contribution in [0.3, 0.4) is 0 Å². The minimum atomic E-state index is -2.97. The first-order chi connectivity index (χ1) is 14.0. The molecule has 2 aromatic carbocycles. The highest BCUT2D eigenvalue weighted by molar-refractivity contribution is 5.95. The maximum atomic E-state index is 13.1. The molecule has 1 saturated heterocycles. The van der Waals surface area contributed by atoms with Crippen LogP contribution in [0.2, 0.25) is 0 Å². The van der Waals surface area contributed by atoms with Crippen molar-refractivity contribution in [1.29, 1.82) is 0 Å². The molecule has 6 nitrogen and oxygen atoms in total. The van der Waals surface area contributed by atoms with E-state index in [1.54, 1.807) is 19.1 Å². The normalized spacial score (nSPS) is 16.1. The lowest BCUT2D eigenvalue weighted by Gasteiger charge is -2.26. The number of methoxy groups -OCH3 is 3. The molecule has 0 aromatic heterocycles. The largest absolute Gasteiger partial charge is 0.493 e. The number of hydrogen-bond acceptors (Lipinski definition) is 5. The quantitative estimate of drug-likeness (QED) is 0.685. The van der Waals surface area contributed by atoms with Crippen LogP contribution in [0.25, 0.3) is 0 Å². The molecule has 0 aliphatic carbocycles. The Hall–Kier alpha value is -3.03. The van der Waals surface area contributed by atoms with E-state index in [2.05, 4.69) is 4.74 Å². The molecule has 0 N–H and O–H groups in total. The molecular weight excluding hydrogens is 384 g/mol. The van der Waals surface area contributed by atoms with E-state index in [4.69, 9.17) is 14.2 Å². The fraction of sp³-hybridized carbons (Fsp3) is 0.381. The maximum absolute atomic E-state index is 13.1. The van der Waals surface area contributed by atoms with Gasteiger partial charge in [-0.05, 0) is 48.7 Å². The van der Waals surface area contributed by atoms with Crippen molar-refractivity contribution in [1.82, 2.24) is 4.90 Å². The number of amides is 1. The molecule has 3 rings (SSSR count). The molecule has 1 atom stereocenters. The van der Waals surface area contributed by atoms with Crippen molar-refractivity contribution in [3.8, 4) is 23.0 Å². The molecule has 1 aliphatic rings. The van der Waals surface area contributed by atoms with E-state index in [9.17, 15) is 13.6 Å². The second kappa shape index (κ2) is 8.98. The fourth-order valence-corrected chi connectivity index (χ4v) is 3.58. The van der Waals surface area contributed by atoms with Gasteiger partial charge in [0.05, 0.1) is 27.4 Å². The van der Waals surface area contributed by atoms with Gasteiger partial charge in [0.15, 0.2) is 23.0 Å². The van der Waals surface area contributed by atoms with Crippen LogP contribution in [0.15, 0.2) is 36.4 Å². The van der Waals surface area contributed by atoms with Gasteiger partial charge in [-0.25, -0.2) is 0 Å². The van der Waals surface area contributed by atoms with Gasteiger partial charge in [0.2, 0.25) is 0 Å². The Bertz CT molecular complexity index is 874. The maximum Gasteiger partial charge on any atom is 0.387 e. The van der Waals surface area contributed by atoms with E-state index >= 15 is 0 Å². The van der Waals surface area contributed by atoms with E-state index in [0.717, 1.165) is 18.4 Å². The molecule has 0 radical (unpaired) electrons. The zero-order valence-electron chi connectivity index (χ0n) is 16.5. The number of ether oxygens (including phenoxy) is 4. The third kappa shape index (κ3) is 4.36. The summed E-state index contributed by atoms with van der Waals surface area (Å²) >= 11 is 0. The van der Waals surface area contributed by atoms with Gasteiger partial charge in [0, 0.05) is 12.1 Å². The van der Waals surface area contributed by atoms with Gasteiger partial charge in [0.25, 0.3) is 5.91 Å². The number of hydrogen-bond donors (Lipinski definition) is 0. The molecule has 8 heteroatoms. The van der Waals surface area contributed by atoms with Gasteiger partial charge in [-0.2, -0.15) is 8.78 Å². The lowest BCUT2D eigenvalue weighted by atomic mass is 10.0. The van der Waals surface area contributed by atoms with E-state index < -0.39 is 6.61 Å². The molecule has 1 amide bonds. The summed E-state index contributed by atoms with van der Waals surface area (Å²) in [5, 5.41) is 0. The van der Waals surface area contributed by atoms with Crippen LogP contribution >= 0.6 is 0 Å². The van der Waals surface area contributed by atoms with E-state index in [0.29, 0.717) is 23.6 Å². The number of benzene rings is 2. The van der Waals surface area contributed by atoms with Crippen molar-refractivity contribution in [2.45, 2.75) is 25.5 Å². The number of likely N-dealkylation sites (tertiary alicyclic amines) is 1. The first kappa shape index (κ1) is 20.7. The molecule has 156 valence electrons. The van der Waals surface area contributed by atoms with E-state index in [-0.39, 0.29) is 23.4 Å². The third-order valence-corrected chi connectivity index (χ3v) is 4.93. The average molecular weight is 407 g/mol. The van der Waals surface area contributed by atoms with Crippen molar-refractivity contribution in [3.05, 3.63) is 47.5 Å². The predicted octanol–water partition coefficient (Wildman–Crippen LogP) is 4.29. The number of halogens is 2. The molecule has 1 unspecified atom stereocenters. The number of carbonyl (C=O) groups excluding carboxylic acids is 1. The van der Waals surface area contributed by atoms with Crippen LogP contribution in [0.1, 0.15) is 34.8 Å². The number of alkyl halides is 2. The molecule has 1 fully saturated rings. The minimum Gasteiger partial charge on any atom is -0.493 e. The highest BCUT2D eigenvalue weighted by Gasteiger charge is 2.31. The van der Waals surface area contributed by atoms with Crippen molar-refractivity contribution < 1.29 is 32.5 Å². The molecule has 1 heterocycles. The Balaban J connectivity index is 1.87. The Morgan fingerprint density at radius 2 is 1.62 bits per heavy atom. The van der Waals surface area contributed by atoms with Crippen LogP contribution in [-0.2, 0) is 0 Å². The first-order valence-electron chi connectivity index (χ1n) is 9.14. The summed E-state index contributed by atoms with van der Waals surface area (Å²) in [6.45, 7) is -2.38. The molecule has 29 heavy (non-hydrogen) atoms. The summed E-state index contributed by atoms with van der Waals surface area (Å²) in [4.78, 5) is 14.9. The summed E-state index contributed by atoms with van der Waals surface area (Å²) < 4.78 is 45.2. The molecular formula is C21H23F2NO5. The Labute approximate surface area is 167 Å². The van der Waals surface area contributed by atoms with Crippen molar-refractivity contribution in [2.24, 2.45) is 0 Å². The zero-order chi connectivity index (χ0) is 21.0. The second-order valence-electron chi connectivity index (χ2n) is 6.52. The van der Waals surface area contributed by atoms with Crippen molar-refractivity contribution in [3.63, 3.8) is 0 Å². The summed E-state index contributed by atoms with van der Waals surface area (Å²) in [5.74, 6) is 0.977. The van der Waals surface area contributed by atoms with E-state index in [1.807, 2.05) is 18.2 Å². The highest BCUT2D eigenvalue weighted by atomic mass is 19.3. The van der Waals surface area contributed by atoms with Crippen molar-refractivity contribution >= 4 is 5.91 Å². The molecule has 0 spiro atoms. The lowest BCUT2D eigenvalue weighted by molar-refractivity contribution is -0.0512. The predicted molar refractivity (Wildman–Crippen MR) is 102 cm³/mol. The Morgan fingerprint density at radius 1 is 0.966 bits per heavy atom. The number of carbonyl (C=O) groups is 1. The van der Waals surface area contributed by atoms with Crippen LogP contribution in [0.5, 0.6) is 23.0 Å². The van der Waals surface area contributed by atoms with Crippen molar-refractivity contribution in [2.75, 3.05) is 27.9 Å². The first-order valence-corrected chi connectivity index (χ1v) is 9.14. The van der Waals surface area contributed by atoms with Gasteiger partial charge in [-0.1, -0.05) is 6.07 Å². The third-order valence-electron chi connectivity index (χ3n) is 4.93. The van der Waals surface area contributed by atoms with Gasteiger partial charge in [-0.3, -0.25) is 4.79 Å². The average Bonchev–Trinajstić information content (AvgIpc) is 3.22. The second-order valence-corrected chi connectivity index (χ2v) is 6.52. The Kier molecular flexibility index (Phi) is 6.41. The summed E-state index contributed by atoms with van der Waals surface area (Å²) in [7, 11) is 4.47. The van der Waals surface area contributed by atoms with Gasteiger partial charge in [0.1, 0.15) is 0 Å².